The van der Waals surface area contributed by atoms with Crippen molar-refractivity contribution in [3.05, 3.63) is 30.1 Å². The first-order valence-electron chi connectivity index (χ1n) is 10.9. The summed E-state index contributed by atoms with van der Waals surface area (Å²) in [6, 6.07) is 4.67. The number of nitrogens with one attached hydrogen (secondary N) is 2. The normalized spacial score (nSPS) is 21.6. The molecule has 0 radical (unpaired) electrons. The van der Waals surface area contributed by atoms with Gasteiger partial charge in [-0.3, -0.25) is 24.3 Å². The van der Waals surface area contributed by atoms with Gasteiger partial charge in [0.1, 0.15) is 0 Å². The minimum Gasteiger partial charge on any atom is -0.483 e. The summed E-state index contributed by atoms with van der Waals surface area (Å²) in [6.07, 6.45) is 9.05. The van der Waals surface area contributed by atoms with Gasteiger partial charge >= 0.3 is 0 Å². The maximum atomic E-state index is 12.4. The van der Waals surface area contributed by atoms with E-state index >= 15 is 0 Å². The first-order chi connectivity index (χ1) is 15.0. The van der Waals surface area contributed by atoms with Crippen LogP contribution in [0.5, 0.6) is 0 Å². The van der Waals surface area contributed by atoms with Crippen LogP contribution in [0, 0.1) is 0 Å². The number of nitrogens with zero attached hydrogens (tertiary/aromatic N) is 2. The molecule has 2 saturated heterocycles. The van der Waals surface area contributed by atoms with E-state index in [1.807, 2.05) is 12.1 Å². The molecule has 2 aliphatic heterocycles. The fourth-order valence-corrected chi connectivity index (χ4v) is 4.05. The molecule has 2 amide bonds. The summed E-state index contributed by atoms with van der Waals surface area (Å²) < 4.78 is 5.34. The Balaban J connectivity index is 0.00000107. The largest absolute Gasteiger partial charge is 0.483 e. The van der Waals surface area contributed by atoms with Crippen molar-refractivity contribution in [2.24, 2.45) is 0 Å². The lowest BCUT2D eigenvalue weighted by atomic mass is 10.1. The smallest absolute Gasteiger partial charge is 0.290 e. The average Bonchev–Trinajstić information content (AvgIpc) is 3.12. The van der Waals surface area contributed by atoms with Crippen molar-refractivity contribution in [3.63, 3.8) is 0 Å². The number of ether oxygens (including phenoxy) is 1. The van der Waals surface area contributed by atoms with Gasteiger partial charge in [-0.25, -0.2) is 0 Å². The first kappa shape index (κ1) is 24.7. The van der Waals surface area contributed by atoms with Crippen molar-refractivity contribution in [2.75, 3.05) is 26.8 Å². The number of carbonyl (C=O) groups is 3. The summed E-state index contributed by atoms with van der Waals surface area (Å²) in [4.78, 5) is 39.2. The number of likely N-dealkylation sites (N-methyl/N-ethyl adjacent to an activating group) is 1. The van der Waals surface area contributed by atoms with Crippen molar-refractivity contribution < 1.29 is 24.2 Å². The molecule has 1 aromatic heterocycles. The molecule has 2 atom stereocenters. The van der Waals surface area contributed by atoms with Gasteiger partial charge in [0.25, 0.3) is 6.47 Å². The lowest BCUT2D eigenvalue weighted by molar-refractivity contribution is -0.124. The molecule has 0 bridgehead atoms. The number of carbonyl (C=O) groups excluding carboxylic acids is 2. The Morgan fingerprint density at radius 2 is 1.94 bits per heavy atom. The molecule has 31 heavy (non-hydrogen) atoms. The predicted molar refractivity (Wildman–Crippen MR) is 115 cm³/mol. The van der Waals surface area contributed by atoms with E-state index in [0.29, 0.717) is 31.8 Å². The average molecular weight is 435 g/mol. The third kappa shape index (κ3) is 9.02. The second-order valence-electron chi connectivity index (χ2n) is 7.98. The second kappa shape index (κ2) is 13.7. The molecule has 0 aliphatic carbocycles. The van der Waals surface area contributed by atoms with Crippen LogP contribution in [0.4, 0.5) is 0 Å². The molecule has 3 N–H and O–H groups in total. The summed E-state index contributed by atoms with van der Waals surface area (Å²) in [5, 5.41) is 13.1. The zero-order valence-electron chi connectivity index (χ0n) is 18.2. The van der Waals surface area contributed by atoms with Crippen molar-refractivity contribution >= 4 is 18.3 Å². The molecule has 2 fully saturated rings. The van der Waals surface area contributed by atoms with Crippen molar-refractivity contribution in [3.8, 4) is 0 Å². The quantitative estimate of drug-likeness (QED) is 0.522. The fourth-order valence-electron chi connectivity index (χ4n) is 4.05. The Bertz CT molecular complexity index is 682. The van der Waals surface area contributed by atoms with E-state index in [-0.39, 0.29) is 30.4 Å². The van der Waals surface area contributed by atoms with Crippen LogP contribution >= 0.6 is 0 Å². The molecule has 2 aliphatic rings. The number of aryl methyl sites for hydroxylation is 1. The van der Waals surface area contributed by atoms with E-state index in [4.69, 9.17) is 14.6 Å². The van der Waals surface area contributed by atoms with Crippen LogP contribution in [0.25, 0.3) is 0 Å². The van der Waals surface area contributed by atoms with Crippen LogP contribution in [0.3, 0.4) is 0 Å². The van der Waals surface area contributed by atoms with Gasteiger partial charge in [-0.1, -0.05) is 6.07 Å². The lowest BCUT2D eigenvalue weighted by Gasteiger charge is -2.27. The number of carboxylic acid groups (broad SMARTS) is 1. The van der Waals surface area contributed by atoms with E-state index in [1.54, 1.807) is 12.4 Å². The van der Waals surface area contributed by atoms with E-state index in [9.17, 15) is 9.59 Å². The van der Waals surface area contributed by atoms with Crippen molar-refractivity contribution in [2.45, 2.75) is 63.1 Å². The number of pyridine rings is 1. The molecule has 172 valence electrons. The first-order valence-corrected chi connectivity index (χ1v) is 10.9. The van der Waals surface area contributed by atoms with E-state index in [2.05, 4.69) is 27.6 Å². The number of likely N-dealkylation sites (tertiary alicyclic amines) is 1. The van der Waals surface area contributed by atoms with Gasteiger partial charge in [-0.05, 0) is 50.8 Å². The van der Waals surface area contributed by atoms with Gasteiger partial charge in [0.15, 0.2) is 0 Å². The molecular weight excluding hydrogens is 400 g/mol. The highest BCUT2D eigenvalue weighted by Gasteiger charge is 2.32. The topological polar surface area (TPSA) is 121 Å². The second-order valence-corrected chi connectivity index (χ2v) is 7.98. The number of rotatable bonds is 8. The van der Waals surface area contributed by atoms with Gasteiger partial charge < -0.3 is 20.5 Å². The Morgan fingerprint density at radius 1 is 1.23 bits per heavy atom. The maximum Gasteiger partial charge on any atom is 0.290 e. The van der Waals surface area contributed by atoms with Crippen LogP contribution in [-0.4, -0.2) is 78.2 Å². The zero-order valence-corrected chi connectivity index (χ0v) is 18.2. The molecule has 0 unspecified atom stereocenters. The maximum absolute atomic E-state index is 12.4. The SMILES string of the molecule is CN1[C@@H](CC(=O)NC2CCOCC2)CC[C@H]1CNC(=O)CCc1cccnc1.O=CO. The molecule has 0 aromatic carbocycles. The summed E-state index contributed by atoms with van der Waals surface area (Å²) in [5.41, 5.74) is 1.08. The molecule has 9 nitrogen and oxygen atoms in total. The van der Waals surface area contributed by atoms with Gasteiger partial charge in [0.2, 0.25) is 11.8 Å². The Hall–Kier alpha value is -2.52. The highest BCUT2D eigenvalue weighted by Crippen LogP contribution is 2.24. The van der Waals surface area contributed by atoms with Gasteiger partial charge in [-0.2, -0.15) is 0 Å². The van der Waals surface area contributed by atoms with Crippen LogP contribution in [-0.2, 0) is 25.5 Å². The van der Waals surface area contributed by atoms with Crippen molar-refractivity contribution in [1.82, 2.24) is 20.5 Å². The molecule has 3 rings (SSSR count). The summed E-state index contributed by atoms with van der Waals surface area (Å²) in [6.45, 7) is 1.86. The molecule has 0 spiro atoms. The number of hydrogen-bond acceptors (Lipinski definition) is 6. The summed E-state index contributed by atoms with van der Waals surface area (Å²) in [5.74, 6) is 0.197. The van der Waals surface area contributed by atoms with Gasteiger partial charge in [0.05, 0.1) is 0 Å². The van der Waals surface area contributed by atoms with Gasteiger partial charge in [-0.15, -0.1) is 0 Å². The molecule has 3 heterocycles. The molecular formula is C22H34N4O5. The third-order valence-electron chi connectivity index (χ3n) is 5.89. The van der Waals surface area contributed by atoms with E-state index in [1.165, 1.54) is 0 Å². The van der Waals surface area contributed by atoms with Crippen LogP contribution in [0.2, 0.25) is 0 Å². The van der Waals surface area contributed by atoms with Crippen LogP contribution in [0.1, 0.15) is 44.1 Å². The summed E-state index contributed by atoms with van der Waals surface area (Å²) >= 11 is 0. The minimum absolute atomic E-state index is 0.0676. The Labute approximate surface area is 183 Å². The minimum atomic E-state index is -0.250. The molecule has 1 aromatic rings. The van der Waals surface area contributed by atoms with Crippen LogP contribution in [0.15, 0.2) is 24.5 Å². The monoisotopic (exact) mass is 434 g/mol. The highest BCUT2D eigenvalue weighted by molar-refractivity contribution is 5.77. The predicted octanol–water partition coefficient (Wildman–Crippen LogP) is 0.979. The third-order valence-corrected chi connectivity index (χ3v) is 5.89. The zero-order chi connectivity index (χ0) is 22.5. The molecule has 9 heteroatoms. The molecule has 0 saturated carbocycles. The number of aromatic nitrogens is 1. The van der Waals surface area contributed by atoms with E-state index in [0.717, 1.165) is 44.5 Å². The van der Waals surface area contributed by atoms with Crippen LogP contribution < -0.4 is 10.6 Å². The Kier molecular flexibility index (Phi) is 10.9. The lowest BCUT2D eigenvalue weighted by Crippen LogP contribution is -2.44. The number of hydrogen-bond donors (Lipinski definition) is 3. The standard InChI is InChI=1S/C21H32N4O3.CH2O2/c1-25-18(13-21(27)24-17-8-11-28-12-9-17)5-6-19(25)15-23-20(26)7-4-16-3-2-10-22-14-16;2-1-3/h2-3,10,14,17-19H,4-9,11-13,15H2,1H3,(H,23,26)(H,24,27);1H,(H,2,3)/t18-,19+;/m1./s1. The Morgan fingerprint density at radius 3 is 2.61 bits per heavy atom. The van der Waals surface area contributed by atoms with Crippen molar-refractivity contribution in [1.29, 1.82) is 0 Å². The van der Waals surface area contributed by atoms with E-state index < -0.39 is 0 Å². The van der Waals surface area contributed by atoms with Gasteiger partial charge in [0, 0.05) is 63.1 Å². The highest BCUT2D eigenvalue weighted by atomic mass is 16.5. The fraction of sp³-hybridized carbons (Fsp3) is 0.636. The summed E-state index contributed by atoms with van der Waals surface area (Å²) in [7, 11) is 2.06. The number of amides is 2.